The highest BCUT2D eigenvalue weighted by Gasteiger charge is 2.66. The van der Waals surface area contributed by atoms with Crippen LogP contribution in [0.25, 0.3) is 0 Å². The van der Waals surface area contributed by atoms with Crippen molar-refractivity contribution in [2.75, 3.05) is 0 Å². The van der Waals surface area contributed by atoms with E-state index in [1.807, 2.05) is 0 Å². The Morgan fingerprint density at radius 2 is 1.62 bits per heavy atom. The smallest absolute Gasteiger partial charge is 0.421 e. The highest BCUT2D eigenvalue weighted by molar-refractivity contribution is 5.94. The van der Waals surface area contributed by atoms with E-state index in [0.29, 0.717) is 0 Å². The minimum Gasteiger partial charge on any atom is -0.421 e. The van der Waals surface area contributed by atoms with Crippen molar-refractivity contribution in [3.05, 3.63) is 18.2 Å². The van der Waals surface area contributed by atoms with E-state index in [1.54, 1.807) is 0 Å². The molecule has 1 aromatic rings. The first-order chi connectivity index (χ1) is 9.62. The number of nitrogens with two attached hydrogens (primary N) is 3. The molecule has 1 heterocycles. The van der Waals surface area contributed by atoms with Crippen LogP contribution in [-0.2, 0) is 0 Å². The lowest BCUT2D eigenvalue weighted by molar-refractivity contribution is -0.391. The number of benzene rings is 1. The number of halogens is 4. The summed E-state index contributed by atoms with van der Waals surface area (Å²) in [7, 11) is 0. The summed E-state index contributed by atoms with van der Waals surface area (Å²) in [5.74, 6) is -2.23. The van der Waals surface area contributed by atoms with Crippen molar-refractivity contribution in [3.63, 3.8) is 0 Å². The third-order valence-electron chi connectivity index (χ3n) is 2.24. The van der Waals surface area contributed by atoms with Crippen molar-refractivity contribution in [1.82, 2.24) is 0 Å². The van der Waals surface area contributed by atoms with Crippen LogP contribution in [0.15, 0.2) is 28.2 Å². The van der Waals surface area contributed by atoms with E-state index >= 15 is 0 Å². The van der Waals surface area contributed by atoms with Gasteiger partial charge < -0.3 is 26.7 Å². The Hall–Kier alpha value is -2.72. The summed E-state index contributed by atoms with van der Waals surface area (Å²) in [6.45, 7) is 0. The molecule has 0 fully saturated rings. The lowest BCUT2D eigenvalue weighted by Crippen LogP contribution is -2.52. The third-order valence-corrected chi connectivity index (χ3v) is 2.24. The molecular formula is C10H9F4N5O2. The molecule has 0 amide bonds. The molecule has 0 saturated carbocycles. The molecule has 1 aliphatic rings. The number of ether oxygens (including phenoxy) is 2. The lowest BCUT2D eigenvalue weighted by atomic mass is 10.2. The van der Waals surface area contributed by atoms with Crippen LogP contribution < -0.4 is 26.7 Å². The van der Waals surface area contributed by atoms with Crippen molar-refractivity contribution >= 4 is 17.6 Å². The van der Waals surface area contributed by atoms with Crippen molar-refractivity contribution in [1.29, 1.82) is 0 Å². The van der Waals surface area contributed by atoms with Crippen LogP contribution in [0.1, 0.15) is 0 Å². The van der Waals surface area contributed by atoms with E-state index in [1.165, 1.54) is 12.1 Å². The molecule has 0 atom stereocenters. The van der Waals surface area contributed by atoms with Gasteiger partial charge in [-0.05, 0) is 12.1 Å². The van der Waals surface area contributed by atoms with Crippen LogP contribution >= 0.6 is 0 Å². The van der Waals surface area contributed by atoms with E-state index in [-0.39, 0.29) is 5.69 Å². The SMILES string of the molecule is NC(N)=NC(N)=Nc1cccc2c1OC(F)(F)C(F)(F)O2. The minimum atomic E-state index is -4.86. The fraction of sp³-hybridized carbons (Fsp3) is 0.200. The highest BCUT2D eigenvalue weighted by atomic mass is 19.3. The Bertz CT molecular complexity index is 628. The molecule has 0 aliphatic carbocycles. The minimum absolute atomic E-state index is 0.301. The predicted octanol–water partition coefficient (Wildman–Crippen LogP) is 0.863. The second kappa shape index (κ2) is 4.68. The highest BCUT2D eigenvalue weighted by Crippen LogP contribution is 2.50. The summed E-state index contributed by atoms with van der Waals surface area (Å²) in [5.41, 5.74) is 15.1. The summed E-state index contributed by atoms with van der Waals surface area (Å²) < 4.78 is 60.2. The number of hydrogen-bond acceptors (Lipinski definition) is 3. The maximum Gasteiger partial charge on any atom is 0.507 e. The van der Waals surface area contributed by atoms with Gasteiger partial charge in [0.15, 0.2) is 17.5 Å². The number of alkyl halides is 4. The maximum atomic E-state index is 13.1. The molecule has 2 rings (SSSR count). The van der Waals surface area contributed by atoms with Crippen LogP contribution in [0.2, 0.25) is 0 Å². The molecule has 0 unspecified atom stereocenters. The van der Waals surface area contributed by atoms with Gasteiger partial charge in [-0.1, -0.05) is 6.07 Å². The van der Waals surface area contributed by atoms with Gasteiger partial charge in [0.2, 0.25) is 5.96 Å². The Labute approximate surface area is 115 Å². The largest absolute Gasteiger partial charge is 0.507 e. The van der Waals surface area contributed by atoms with Gasteiger partial charge in [-0.2, -0.15) is 22.6 Å². The normalized spacial score (nSPS) is 19.0. The van der Waals surface area contributed by atoms with Crippen molar-refractivity contribution < 1.29 is 27.0 Å². The zero-order valence-electron chi connectivity index (χ0n) is 10.2. The van der Waals surface area contributed by atoms with Crippen LogP contribution in [-0.4, -0.2) is 24.1 Å². The van der Waals surface area contributed by atoms with E-state index in [2.05, 4.69) is 19.5 Å². The van der Waals surface area contributed by atoms with E-state index in [0.717, 1.165) is 6.07 Å². The molecular weight excluding hydrogens is 298 g/mol. The van der Waals surface area contributed by atoms with Crippen LogP contribution in [0.3, 0.4) is 0 Å². The summed E-state index contributed by atoms with van der Waals surface area (Å²) in [6, 6.07) is 3.41. The molecule has 0 radical (unpaired) electrons. The first-order valence-corrected chi connectivity index (χ1v) is 5.33. The summed E-state index contributed by atoms with van der Waals surface area (Å²) in [6.07, 6.45) is -9.68. The molecule has 114 valence electrons. The van der Waals surface area contributed by atoms with Gasteiger partial charge in [0.05, 0.1) is 0 Å². The zero-order chi connectivity index (χ0) is 15.8. The van der Waals surface area contributed by atoms with Gasteiger partial charge in [0.25, 0.3) is 0 Å². The summed E-state index contributed by atoms with van der Waals surface area (Å²) >= 11 is 0. The second-order valence-electron chi connectivity index (χ2n) is 3.85. The van der Waals surface area contributed by atoms with E-state index in [4.69, 9.17) is 17.2 Å². The Morgan fingerprint density at radius 1 is 1.00 bits per heavy atom. The van der Waals surface area contributed by atoms with Gasteiger partial charge in [-0.3, -0.25) is 0 Å². The van der Waals surface area contributed by atoms with Crippen molar-refractivity contribution in [2.45, 2.75) is 12.2 Å². The molecule has 1 aliphatic heterocycles. The monoisotopic (exact) mass is 307 g/mol. The van der Waals surface area contributed by atoms with Crippen LogP contribution in [0.4, 0.5) is 23.2 Å². The average molecular weight is 307 g/mol. The number of aliphatic imine (C=N–C) groups is 2. The number of para-hydroxylation sites is 1. The number of hydrogen-bond donors (Lipinski definition) is 3. The Kier molecular flexibility index (Phi) is 3.27. The van der Waals surface area contributed by atoms with Gasteiger partial charge >= 0.3 is 12.2 Å². The number of fused-ring (bicyclic) bond motifs is 1. The molecule has 0 aromatic heterocycles. The molecule has 11 heteroatoms. The van der Waals surface area contributed by atoms with Gasteiger partial charge in [0, 0.05) is 0 Å². The quantitative estimate of drug-likeness (QED) is 0.403. The maximum absolute atomic E-state index is 13.1. The van der Waals surface area contributed by atoms with Crippen molar-refractivity contribution in [3.8, 4) is 11.5 Å². The van der Waals surface area contributed by atoms with E-state index < -0.39 is 35.6 Å². The van der Waals surface area contributed by atoms with E-state index in [9.17, 15) is 17.6 Å². The first kappa shape index (κ1) is 14.7. The van der Waals surface area contributed by atoms with Gasteiger partial charge in [0.1, 0.15) is 5.69 Å². The molecule has 1 aromatic carbocycles. The standard InChI is InChI=1S/C10H9F4N5O2/c11-9(12)10(13,14)21-6-4(2-1-3-5(6)20-9)18-8(17)19-7(15)16/h1-3H,(H6,15,16,17,18,19). The predicted molar refractivity (Wildman–Crippen MR) is 64.7 cm³/mol. The third kappa shape index (κ3) is 2.75. The first-order valence-electron chi connectivity index (χ1n) is 5.33. The Morgan fingerprint density at radius 3 is 2.24 bits per heavy atom. The average Bonchev–Trinajstić information content (AvgIpc) is 2.30. The number of rotatable bonds is 1. The molecule has 21 heavy (non-hydrogen) atoms. The lowest BCUT2D eigenvalue weighted by Gasteiger charge is -2.32. The fourth-order valence-electron chi connectivity index (χ4n) is 1.44. The molecule has 7 nitrogen and oxygen atoms in total. The molecule has 6 N–H and O–H groups in total. The van der Waals surface area contributed by atoms with Crippen LogP contribution in [0, 0.1) is 0 Å². The second-order valence-corrected chi connectivity index (χ2v) is 3.85. The summed E-state index contributed by atoms with van der Waals surface area (Å²) in [4.78, 5) is 6.94. The van der Waals surface area contributed by atoms with Crippen LogP contribution in [0.5, 0.6) is 11.5 Å². The fourth-order valence-corrected chi connectivity index (χ4v) is 1.44. The van der Waals surface area contributed by atoms with Crippen molar-refractivity contribution in [2.24, 2.45) is 27.2 Å². The van der Waals surface area contributed by atoms with Gasteiger partial charge in [-0.25, -0.2) is 4.99 Å². The van der Waals surface area contributed by atoms with Gasteiger partial charge in [-0.15, -0.1) is 0 Å². The summed E-state index contributed by atoms with van der Waals surface area (Å²) in [5, 5.41) is 0. The number of nitrogens with zero attached hydrogens (tertiary/aromatic N) is 2. The topological polar surface area (TPSA) is 121 Å². The molecule has 0 spiro atoms. The zero-order valence-corrected chi connectivity index (χ0v) is 10.2. The Balaban J connectivity index is 2.48. The molecule has 0 saturated heterocycles. The number of guanidine groups is 2. The molecule has 0 bridgehead atoms.